The summed E-state index contributed by atoms with van der Waals surface area (Å²) in [7, 11) is 0. The monoisotopic (exact) mass is 356 g/mol. The molecule has 1 aromatic carbocycles. The topological polar surface area (TPSA) is 146 Å². The predicted molar refractivity (Wildman–Crippen MR) is 81.1 cm³/mol. The quantitative estimate of drug-likeness (QED) is 0.416. The molecule has 0 bridgehead atoms. The fraction of sp³-hybridized carbons (Fsp3) is 0.562. The van der Waals surface area contributed by atoms with E-state index in [1.54, 1.807) is 6.92 Å². The van der Waals surface area contributed by atoms with Gasteiger partial charge in [-0.25, -0.2) is 4.79 Å². The Kier molecular flexibility index (Phi) is 4.85. The highest BCUT2D eigenvalue weighted by Gasteiger charge is 2.45. The van der Waals surface area contributed by atoms with Crippen LogP contribution in [0.4, 0.5) is 0 Å². The van der Waals surface area contributed by atoms with E-state index >= 15 is 0 Å². The van der Waals surface area contributed by atoms with Gasteiger partial charge >= 0.3 is 5.97 Å². The smallest absolute Gasteiger partial charge is 0.342 e. The minimum absolute atomic E-state index is 0.0276. The molecule has 6 atom stereocenters. The SMILES string of the molecule is C[C@@H]1Cc2c(O[C@@H]3O[C@H](CO)[C@@H](O)[C@H](O)[C@H]3O)ccc(O)c2C(=O)O1. The van der Waals surface area contributed by atoms with Gasteiger partial charge in [0.1, 0.15) is 47.6 Å². The zero-order valence-electron chi connectivity index (χ0n) is 13.4. The van der Waals surface area contributed by atoms with Crippen molar-refractivity contribution in [3.8, 4) is 11.5 Å². The number of rotatable bonds is 3. The molecule has 1 saturated heterocycles. The van der Waals surface area contributed by atoms with Crippen LogP contribution in [0.1, 0.15) is 22.8 Å². The summed E-state index contributed by atoms with van der Waals surface area (Å²) in [6.45, 7) is 1.10. The minimum Gasteiger partial charge on any atom is -0.507 e. The highest BCUT2D eigenvalue weighted by molar-refractivity contribution is 5.96. The lowest BCUT2D eigenvalue weighted by atomic mass is 9.96. The Morgan fingerprint density at radius 2 is 1.92 bits per heavy atom. The molecule has 5 N–H and O–H groups in total. The van der Waals surface area contributed by atoms with Crippen LogP contribution in [0.15, 0.2) is 12.1 Å². The number of aliphatic hydroxyl groups is 4. The molecule has 0 radical (unpaired) electrons. The molecule has 9 heteroatoms. The van der Waals surface area contributed by atoms with Gasteiger partial charge in [0.15, 0.2) is 0 Å². The van der Waals surface area contributed by atoms with Gasteiger partial charge in [0.05, 0.1) is 6.61 Å². The molecular weight excluding hydrogens is 336 g/mol. The highest BCUT2D eigenvalue weighted by Crippen LogP contribution is 2.36. The van der Waals surface area contributed by atoms with Gasteiger partial charge < -0.3 is 39.7 Å². The van der Waals surface area contributed by atoms with Crippen molar-refractivity contribution < 1.29 is 44.5 Å². The van der Waals surface area contributed by atoms with Crippen LogP contribution in [0.3, 0.4) is 0 Å². The molecular formula is C16H20O9. The van der Waals surface area contributed by atoms with Crippen molar-refractivity contribution in [2.24, 2.45) is 0 Å². The lowest BCUT2D eigenvalue weighted by Crippen LogP contribution is -2.60. The highest BCUT2D eigenvalue weighted by atomic mass is 16.7. The maximum Gasteiger partial charge on any atom is 0.342 e. The zero-order valence-corrected chi connectivity index (χ0v) is 13.4. The summed E-state index contributed by atoms with van der Waals surface area (Å²) >= 11 is 0. The summed E-state index contributed by atoms with van der Waals surface area (Å²) < 4.78 is 16.0. The minimum atomic E-state index is -1.58. The van der Waals surface area contributed by atoms with Crippen LogP contribution in [0, 0.1) is 0 Å². The average Bonchev–Trinajstić information content (AvgIpc) is 2.57. The fourth-order valence-corrected chi connectivity index (χ4v) is 3.02. The van der Waals surface area contributed by atoms with Crippen LogP contribution in [-0.4, -0.2) is 74.9 Å². The Balaban J connectivity index is 1.91. The lowest BCUT2D eigenvalue weighted by molar-refractivity contribution is -0.277. The summed E-state index contributed by atoms with van der Waals surface area (Å²) in [4.78, 5) is 12.0. The first-order chi connectivity index (χ1) is 11.8. The number of carbonyl (C=O) groups is 1. The molecule has 2 aliphatic rings. The number of cyclic esters (lactones) is 1. The summed E-state index contributed by atoms with van der Waals surface area (Å²) in [5.41, 5.74) is 0.362. The Bertz CT molecular complexity index is 659. The Morgan fingerprint density at radius 1 is 1.20 bits per heavy atom. The number of hydrogen-bond donors (Lipinski definition) is 5. The van der Waals surface area contributed by atoms with Crippen molar-refractivity contribution in [3.63, 3.8) is 0 Å². The van der Waals surface area contributed by atoms with E-state index in [1.807, 2.05) is 0 Å². The van der Waals surface area contributed by atoms with Gasteiger partial charge in [-0.1, -0.05) is 0 Å². The molecule has 0 aliphatic carbocycles. The first kappa shape index (κ1) is 17.9. The number of aliphatic hydroxyl groups excluding tert-OH is 4. The second kappa shape index (κ2) is 6.77. The van der Waals surface area contributed by atoms with Crippen LogP contribution in [0.2, 0.25) is 0 Å². The Labute approximate surface area is 143 Å². The van der Waals surface area contributed by atoms with E-state index in [0.29, 0.717) is 5.56 Å². The Hall–Kier alpha value is -1.91. The Morgan fingerprint density at radius 3 is 2.60 bits per heavy atom. The fourth-order valence-electron chi connectivity index (χ4n) is 3.02. The molecule has 0 spiro atoms. The van der Waals surface area contributed by atoms with Crippen molar-refractivity contribution in [1.29, 1.82) is 0 Å². The van der Waals surface area contributed by atoms with Crippen LogP contribution < -0.4 is 4.74 Å². The summed E-state index contributed by atoms with van der Waals surface area (Å²) in [6.07, 6.45) is -7.29. The number of hydrogen-bond acceptors (Lipinski definition) is 9. The van der Waals surface area contributed by atoms with E-state index in [9.17, 15) is 30.3 Å². The second-order valence-electron chi connectivity index (χ2n) is 6.17. The molecule has 25 heavy (non-hydrogen) atoms. The summed E-state index contributed by atoms with van der Waals surface area (Å²) in [6, 6.07) is 2.65. The largest absolute Gasteiger partial charge is 0.507 e. The van der Waals surface area contributed by atoms with E-state index in [1.165, 1.54) is 12.1 Å². The van der Waals surface area contributed by atoms with Crippen molar-refractivity contribution in [2.75, 3.05) is 6.61 Å². The average molecular weight is 356 g/mol. The van der Waals surface area contributed by atoms with Crippen molar-refractivity contribution in [3.05, 3.63) is 23.3 Å². The number of aromatic hydroxyl groups is 1. The van der Waals surface area contributed by atoms with Crippen LogP contribution in [-0.2, 0) is 15.9 Å². The zero-order chi connectivity index (χ0) is 18.3. The molecule has 1 aromatic rings. The normalized spacial score (nSPS) is 35.0. The van der Waals surface area contributed by atoms with E-state index in [0.717, 1.165) is 0 Å². The molecule has 1 fully saturated rings. The number of benzene rings is 1. The molecule has 138 valence electrons. The van der Waals surface area contributed by atoms with E-state index < -0.39 is 49.4 Å². The number of phenolic OH excluding ortho intramolecular Hbond substituents is 1. The summed E-state index contributed by atoms with van der Waals surface area (Å²) in [5.74, 6) is -0.779. The lowest BCUT2D eigenvalue weighted by Gasteiger charge is -2.40. The molecule has 2 aliphatic heterocycles. The standard InChI is InChI=1S/C16H20O9/c1-6-4-7-9(3-2-8(18)11(7)15(22)23-6)24-16-14(21)13(20)12(19)10(5-17)25-16/h2-3,6,10,12-14,16-21H,4-5H2,1H3/t6-,10-,12-,13+,14-,16-/m1/s1. The van der Waals surface area contributed by atoms with Gasteiger partial charge in [0.25, 0.3) is 0 Å². The molecule has 0 aromatic heterocycles. The maximum atomic E-state index is 12.0. The molecule has 0 amide bonds. The van der Waals surface area contributed by atoms with Crippen molar-refractivity contribution in [2.45, 2.75) is 50.2 Å². The van der Waals surface area contributed by atoms with Gasteiger partial charge in [0, 0.05) is 12.0 Å². The summed E-state index contributed by atoms with van der Waals surface area (Å²) in [5, 5.41) is 48.8. The predicted octanol–water partition coefficient (Wildman–Crippen LogP) is -1.33. The van der Waals surface area contributed by atoms with Gasteiger partial charge in [-0.15, -0.1) is 0 Å². The number of esters is 1. The van der Waals surface area contributed by atoms with Gasteiger partial charge in [0.2, 0.25) is 6.29 Å². The van der Waals surface area contributed by atoms with Gasteiger partial charge in [-0.05, 0) is 19.1 Å². The molecule has 0 unspecified atom stereocenters. The van der Waals surface area contributed by atoms with Crippen LogP contribution >= 0.6 is 0 Å². The first-order valence-corrected chi connectivity index (χ1v) is 7.86. The molecule has 2 heterocycles. The number of carbonyl (C=O) groups excluding carboxylic acids is 1. The maximum absolute atomic E-state index is 12.0. The van der Waals surface area contributed by atoms with Gasteiger partial charge in [-0.2, -0.15) is 0 Å². The van der Waals surface area contributed by atoms with E-state index in [4.69, 9.17) is 14.2 Å². The number of phenols is 1. The molecule has 3 rings (SSSR count). The third-order valence-electron chi connectivity index (χ3n) is 4.34. The van der Waals surface area contributed by atoms with Crippen LogP contribution in [0.25, 0.3) is 0 Å². The van der Waals surface area contributed by atoms with E-state index in [-0.39, 0.29) is 23.5 Å². The number of ether oxygens (including phenoxy) is 3. The third kappa shape index (κ3) is 3.16. The van der Waals surface area contributed by atoms with Crippen molar-refractivity contribution in [1.82, 2.24) is 0 Å². The molecule has 9 nitrogen and oxygen atoms in total. The van der Waals surface area contributed by atoms with Gasteiger partial charge in [-0.3, -0.25) is 0 Å². The van der Waals surface area contributed by atoms with Crippen molar-refractivity contribution >= 4 is 5.97 Å². The first-order valence-electron chi connectivity index (χ1n) is 7.86. The van der Waals surface area contributed by atoms with Crippen LogP contribution in [0.5, 0.6) is 11.5 Å². The molecule has 0 saturated carbocycles. The number of fused-ring (bicyclic) bond motifs is 1. The van der Waals surface area contributed by atoms with E-state index in [2.05, 4.69) is 0 Å². The third-order valence-corrected chi connectivity index (χ3v) is 4.34. The second-order valence-corrected chi connectivity index (χ2v) is 6.17.